The number of methoxy groups -OCH3 is 1. The predicted molar refractivity (Wildman–Crippen MR) is 57.9 cm³/mol. The molecule has 0 spiro atoms. The van der Waals surface area contributed by atoms with Gasteiger partial charge >= 0.3 is 0 Å². The van der Waals surface area contributed by atoms with Crippen molar-refractivity contribution in [2.45, 2.75) is 5.25 Å². The van der Waals surface area contributed by atoms with E-state index >= 15 is 0 Å². The van der Waals surface area contributed by atoms with Crippen LogP contribution in [0.5, 0.6) is 5.75 Å². The van der Waals surface area contributed by atoms with Crippen LogP contribution in [0.3, 0.4) is 0 Å². The standard InChI is InChI=1S/C10H11NO2S/c1-13-7-5-3-4-6-8(7)11-10(12)9(6)14-2/h3-5,9H,1-2H3,(H,11,12). The second kappa shape index (κ2) is 3.53. The van der Waals surface area contributed by atoms with Gasteiger partial charge in [-0.25, -0.2) is 0 Å². The molecule has 1 aliphatic rings. The van der Waals surface area contributed by atoms with E-state index < -0.39 is 0 Å². The Hall–Kier alpha value is -1.16. The lowest BCUT2D eigenvalue weighted by Gasteiger charge is -2.06. The predicted octanol–water partition coefficient (Wildman–Crippen LogP) is 2.05. The first-order valence-corrected chi connectivity index (χ1v) is 5.57. The summed E-state index contributed by atoms with van der Waals surface area (Å²) in [5, 5.41) is 2.74. The molecule has 1 heterocycles. The lowest BCUT2D eigenvalue weighted by molar-refractivity contribution is -0.115. The van der Waals surface area contributed by atoms with Gasteiger partial charge in [-0.3, -0.25) is 4.79 Å². The van der Waals surface area contributed by atoms with E-state index in [2.05, 4.69) is 5.32 Å². The summed E-state index contributed by atoms with van der Waals surface area (Å²) in [6, 6.07) is 5.71. The maximum absolute atomic E-state index is 11.5. The molecule has 1 atom stereocenters. The van der Waals surface area contributed by atoms with Gasteiger partial charge < -0.3 is 10.1 Å². The molecule has 0 saturated heterocycles. The van der Waals surface area contributed by atoms with Crippen LogP contribution in [0.2, 0.25) is 0 Å². The number of carbonyl (C=O) groups is 1. The molecule has 1 N–H and O–H groups in total. The number of hydrogen-bond acceptors (Lipinski definition) is 3. The Balaban J connectivity index is 2.51. The van der Waals surface area contributed by atoms with Crippen molar-refractivity contribution in [3.63, 3.8) is 0 Å². The van der Waals surface area contributed by atoms with Crippen molar-refractivity contribution in [3.05, 3.63) is 23.8 Å². The topological polar surface area (TPSA) is 38.3 Å². The number of anilines is 1. The first-order valence-electron chi connectivity index (χ1n) is 4.28. The van der Waals surface area contributed by atoms with Crippen LogP contribution < -0.4 is 10.1 Å². The number of rotatable bonds is 2. The highest BCUT2D eigenvalue weighted by molar-refractivity contribution is 7.99. The zero-order valence-electron chi connectivity index (χ0n) is 8.03. The molecule has 1 aromatic carbocycles. The highest BCUT2D eigenvalue weighted by Crippen LogP contribution is 2.43. The first kappa shape index (κ1) is 9.40. The summed E-state index contributed by atoms with van der Waals surface area (Å²) in [4.78, 5) is 11.5. The van der Waals surface area contributed by atoms with E-state index in [4.69, 9.17) is 4.74 Å². The minimum atomic E-state index is -0.0971. The summed E-state index contributed by atoms with van der Waals surface area (Å²) in [7, 11) is 1.61. The number of fused-ring (bicyclic) bond motifs is 1. The van der Waals surface area contributed by atoms with E-state index in [0.29, 0.717) is 0 Å². The lowest BCUT2D eigenvalue weighted by atomic mass is 10.1. The van der Waals surface area contributed by atoms with Crippen molar-refractivity contribution < 1.29 is 9.53 Å². The maximum Gasteiger partial charge on any atom is 0.242 e. The van der Waals surface area contributed by atoms with Gasteiger partial charge in [-0.15, -0.1) is 11.8 Å². The van der Waals surface area contributed by atoms with Crippen LogP contribution in [0.15, 0.2) is 18.2 Å². The van der Waals surface area contributed by atoms with Crippen molar-refractivity contribution in [1.29, 1.82) is 0 Å². The molecule has 1 amide bonds. The van der Waals surface area contributed by atoms with E-state index in [1.165, 1.54) is 11.8 Å². The molecule has 2 rings (SSSR count). The van der Waals surface area contributed by atoms with Crippen LogP contribution >= 0.6 is 11.8 Å². The van der Waals surface area contributed by atoms with Crippen molar-refractivity contribution >= 4 is 23.4 Å². The average Bonchev–Trinajstić information content (AvgIpc) is 2.52. The highest BCUT2D eigenvalue weighted by Gasteiger charge is 2.31. The van der Waals surface area contributed by atoms with E-state index in [1.807, 2.05) is 24.5 Å². The van der Waals surface area contributed by atoms with E-state index in [1.54, 1.807) is 7.11 Å². The van der Waals surface area contributed by atoms with Gasteiger partial charge in [0.25, 0.3) is 0 Å². The number of carbonyl (C=O) groups excluding carboxylic acids is 1. The molecule has 14 heavy (non-hydrogen) atoms. The second-order valence-corrected chi connectivity index (χ2v) is 3.97. The zero-order chi connectivity index (χ0) is 10.1. The third-order valence-electron chi connectivity index (χ3n) is 2.28. The number of nitrogens with one attached hydrogen (secondary N) is 1. The molecule has 0 fully saturated rings. The number of thioether (sulfide) groups is 1. The molecule has 74 valence electrons. The first-order chi connectivity index (χ1) is 6.77. The van der Waals surface area contributed by atoms with Gasteiger partial charge in [0.15, 0.2) is 0 Å². The van der Waals surface area contributed by atoms with Gasteiger partial charge in [-0.2, -0.15) is 0 Å². The molecule has 1 unspecified atom stereocenters. The van der Waals surface area contributed by atoms with Gasteiger partial charge in [0.2, 0.25) is 5.91 Å². The Bertz CT molecular complexity index is 378. The van der Waals surface area contributed by atoms with E-state index in [0.717, 1.165) is 17.0 Å². The quantitative estimate of drug-likeness (QED) is 0.810. The fourth-order valence-electron chi connectivity index (χ4n) is 1.63. The average molecular weight is 209 g/mol. The molecular formula is C10H11NO2S. The van der Waals surface area contributed by atoms with E-state index in [-0.39, 0.29) is 11.2 Å². The summed E-state index contributed by atoms with van der Waals surface area (Å²) in [5.41, 5.74) is 1.83. The second-order valence-electron chi connectivity index (χ2n) is 3.03. The van der Waals surface area contributed by atoms with Gasteiger partial charge in [0.1, 0.15) is 11.0 Å². The van der Waals surface area contributed by atoms with E-state index in [9.17, 15) is 4.79 Å². The highest BCUT2D eigenvalue weighted by atomic mass is 32.2. The third-order valence-corrected chi connectivity index (χ3v) is 3.22. The Labute approximate surface area is 86.8 Å². The van der Waals surface area contributed by atoms with Gasteiger partial charge in [-0.1, -0.05) is 12.1 Å². The van der Waals surface area contributed by atoms with Crippen molar-refractivity contribution in [1.82, 2.24) is 0 Å². The fourth-order valence-corrected chi connectivity index (χ4v) is 2.36. The van der Waals surface area contributed by atoms with Crippen molar-refractivity contribution in [2.24, 2.45) is 0 Å². The van der Waals surface area contributed by atoms with Crippen LogP contribution in [-0.2, 0) is 4.79 Å². The fraction of sp³-hybridized carbons (Fsp3) is 0.300. The SMILES string of the molecule is COc1cccc2c1NC(=O)C2SC. The summed E-state index contributed by atoms with van der Waals surface area (Å²) in [5.74, 6) is 0.768. The van der Waals surface area contributed by atoms with Crippen LogP contribution in [0, 0.1) is 0 Å². The molecule has 0 aromatic heterocycles. The minimum Gasteiger partial charge on any atom is -0.495 e. The lowest BCUT2D eigenvalue weighted by Crippen LogP contribution is -2.08. The summed E-state index contributed by atoms with van der Waals surface area (Å²) < 4.78 is 5.17. The molecule has 0 saturated carbocycles. The van der Waals surface area contributed by atoms with Gasteiger partial charge in [-0.05, 0) is 12.3 Å². The number of hydrogen-bond donors (Lipinski definition) is 1. The van der Waals surface area contributed by atoms with Gasteiger partial charge in [0, 0.05) is 5.56 Å². The van der Waals surface area contributed by atoms with Crippen LogP contribution in [0.4, 0.5) is 5.69 Å². The normalized spacial score (nSPS) is 19.0. The molecule has 4 heteroatoms. The van der Waals surface area contributed by atoms with Crippen LogP contribution in [0.25, 0.3) is 0 Å². The van der Waals surface area contributed by atoms with Crippen LogP contribution in [0.1, 0.15) is 10.8 Å². The number of ether oxygens (including phenoxy) is 1. The van der Waals surface area contributed by atoms with Crippen molar-refractivity contribution in [3.8, 4) is 5.75 Å². The minimum absolute atomic E-state index is 0.0389. The monoisotopic (exact) mass is 209 g/mol. The summed E-state index contributed by atoms with van der Waals surface area (Å²) in [6.07, 6.45) is 1.93. The van der Waals surface area contributed by atoms with Crippen LogP contribution in [-0.4, -0.2) is 19.3 Å². The Morgan fingerprint density at radius 3 is 2.93 bits per heavy atom. The Morgan fingerprint density at radius 2 is 2.29 bits per heavy atom. The maximum atomic E-state index is 11.5. The zero-order valence-corrected chi connectivity index (χ0v) is 8.85. The summed E-state index contributed by atoms with van der Waals surface area (Å²) >= 11 is 1.53. The molecule has 0 aliphatic carbocycles. The largest absolute Gasteiger partial charge is 0.495 e. The number of para-hydroxylation sites is 1. The number of benzene rings is 1. The number of amides is 1. The molecule has 1 aliphatic heterocycles. The van der Waals surface area contributed by atoms with Crippen molar-refractivity contribution in [2.75, 3.05) is 18.7 Å². The molecule has 0 radical (unpaired) electrons. The Morgan fingerprint density at radius 1 is 1.50 bits per heavy atom. The molecule has 0 bridgehead atoms. The Kier molecular flexibility index (Phi) is 2.37. The molecule has 3 nitrogen and oxygen atoms in total. The third kappa shape index (κ3) is 1.26. The smallest absolute Gasteiger partial charge is 0.242 e. The summed E-state index contributed by atoms with van der Waals surface area (Å²) in [6.45, 7) is 0. The molecule has 1 aromatic rings. The molecular weight excluding hydrogens is 198 g/mol. The van der Waals surface area contributed by atoms with Gasteiger partial charge in [0.05, 0.1) is 12.8 Å².